The fourth-order valence-corrected chi connectivity index (χ4v) is 4.25. The van der Waals surface area contributed by atoms with Crippen molar-refractivity contribution >= 4 is 0 Å². The lowest BCUT2D eigenvalue weighted by Gasteiger charge is -2.51. The molecular weight excluding hydrogens is 459 g/mol. The summed E-state index contributed by atoms with van der Waals surface area (Å²) in [7, 11) is 0. The Kier molecular flexibility index (Phi) is 7.25. The molecule has 2 aromatic carbocycles. The lowest BCUT2D eigenvalue weighted by Crippen LogP contribution is -2.58. The standard InChI is InChI=1S/C25H25F5O4/c1-2-8-24-13-32-25(33-14-24,34-15-24)18-6-5-17(19(26)12-18)4-3-16-10-20(27)23(21(28)11-16)31-9-7-22(29)30/h5-7,9-12,22H,2-4,8,13-15H2,1H3. The molecule has 0 atom stereocenters. The first-order chi connectivity index (χ1) is 16.3. The van der Waals surface area contributed by atoms with Gasteiger partial charge in [0.05, 0.1) is 26.1 Å². The smallest absolute Gasteiger partial charge is 0.312 e. The van der Waals surface area contributed by atoms with Gasteiger partial charge in [0.2, 0.25) is 0 Å². The summed E-state index contributed by atoms with van der Waals surface area (Å²) in [6, 6.07) is 6.58. The molecular formula is C25H25F5O4. The molecule has 5 rings (SSSR count). The Morgan fingerprint density at radius 2 is 1.59 bits per heavy atom. The molecule has 0 N–H and O–H groups in total. The first-order valence-corrected chi connectivity index (χ1v) is 11.1. The Morgan fingerprint density at radius 1 is 0.941 bits per heavy atom. The first-order valence-electron chi connectivity index (χ1n) is 11.1. The van der Waals surface area contributed by atoms with Crippen LogP contribution in [0, 0.1) is 22.9 Å². The minimum atomic E-state index is -2.80. The van der Waals surface area contributed by atoms with E-state index in [2.05, 4.69) is 11.7 Å². The van der Waals surface area contributed by atoms with Crippen LogP contribution in [0.3, 0.4) is 0 Å². The zero-order chi connectivity index (χ0) is 24.3. The van der Waals surface area contributed by atoms with Gasteiger partial charge < -0.3 is 18.9 Å². The van der Waals surface area contributed by atoms with E-state index in [4.69, 9.17) is 14.2 Å². The number of ether oxygens (including phenoxy) is 4. The van der Waals surface area contributed by atoms with Crippen LogP contribution in [0.2, 0.25) is 0 Å². The normalized spacial score (nSPS) is 24.3. The molecule has 0 radical (unpaired) electrons. The molecule has 2 bridgehead atoms. The fraction of sp³-hybridized carbons (Fsp3) is 0.440. The number of halogens is 5. The molecule has 0 spiro atoms. The fourth-order valence-electron chi connectivity index (χ4n) is 4.25. The molecule has 0 aromatic heterocycles. The van der Waals surface area contributed by atoms with Gasteiger partial charge in [-0.05, 0) is 48.6 Å². The van der Waals surface area contributed by atoms with Crippen molar-refractivity contribution in [3.8, 4) is 5.75 Å². The number of alkyl halides is 2. The molecule has 0 unspecified atom stereocenters. The first kappa shape index (κ1) is 24.6. The quantitative estimate of drug-likeness (QED) is 0.322. The van der Waals surface area contributed by atoms with E-state index < -0.39 is 35.6 Å². The topological polar surface area (TPSA) is 36.9 Å². The number of hydrogen-bond acceptors (Lipinski definition) is 4. The summed E-state index contributed by atoms with van der Waals surface area (Å²) in [6.45, 7) is 3.50. The van der Waals surface area contributed by atoms with Crippen molar-refractivity contribution in [1.82, 2.24) is 0 Å². The van der Waals surface area contributed by atoms with E-state index in [0.29, 0.717) is 43.3 Å². The Morgan fingerprint density at radius 3 is 2.15 bits per heavy atom. The molecule has 3 saturated heterocycles. The van der Waals surface area contributed by atoms with Crippen molar-refractivity contribution in [2.45, 2.75) is 45.0 Å². The van der Waals surface area contributed by atoms with Crippen molar-refractivity contribution in [2.24, 2.45) is 5.41 Å². The molecule has 3 fully saturated rings. The van der Waals surface area contributed by atoms with Gasteiger partial charge in [-0.25, -0.2) is 22.0 Å². The third-order valence-corrected chi connectivity index (χ3v) is 6.04. The van der Waals surface area contributed by atoms with Gasteiger partial charge in [-0.1, -0.05) is 25.5 Å². The molecule has 4 nitrogen and oxygen atoms in total. The third kappa shape index (κ3) is 5.11. The molecule has 0 aliphatic carbocycles. The van der Waals surface area contributed by atoms with Crippen molar-refractivity contribution in [3.05, 3.63) is 76.8 Å². The molecule has 2 aromatic rings. The van der Waals surface area contributed by atoms with Crippen molar-refractivity contribution < 1.29 is 40.9 Å². The number of rotatable bonds is 9. The maximum Gasteiger partial charge on any atom is 0.312 e. The molecule has 0 amide bonds. The number of fused-ring (bicyclic) bond motifs is 3. The Labute approximate surface area is 194 Å². The SMILES string of the molecule is CCCC12COC(c3ccc(CCc4cc(F)c(OC=CC(F)F)c(F)c4)c(F)c3)(OC1)OC2. The predicted octanol–water partition coefficient (Wildman–Crippen LogP) is 6.02. The van der Waals surface area contributed by atoms with Crippen LogP contribution in [-0.4, -0.2) is 26.2 Å². The van der Waals surface area contributed by atoms with Crippen LogP contribution in [0.4, 0.5) is 22.0 Å². The molecule has 3 aliphatic rings. The highest BCUT2D eigenvalue weighted by atomic mass is 19.3. The van der Waals surface area contributed by atoms with E-state index in [1.165, 1.54) is 6.07 Å². The lowest BCUT2D eigenvalue weighted by atomic mass is 9.83. The van der Waals surface area contributed by atoms with Crippen LogP contribution in [0.5, 0.6) is 5.75 Å². The van der Waals surface area contributed by atoms with E-state index in [1.807, 2.05) is 0 Å². The second-order valence-electron chi connectivity index (χ2n) is 8.65. The summed E-state index contributed by atoms with van der Waals surface area (Å²) in [6.07, 6.45) is 0.297. The third-order valence-electron chi connectivity index (χ3n) is 6.04. The van der Waals surface area contributed by atoms with Gasteiger partial charge in [-0.2, -0.15) is 0 Å². The van der Waals surface area contributed by atoms with Crippen molar-refractivity contribution in [3.63, 3.8) is 0 Å². The number of hydrogen-bond donors (Lipinski definition) is 0. The highest BCUT2D eigenvalue weighted by Gasteiger charge is 2.53. The van der Waals surface area contributed by atoms with E-state index in [1.54, 1.807) is 12.1 Å². The van der Waals surface area contributed by atoms with Gasteiger partial charge in [0, 0.05) is 17.1 Å². The van der Waals surface area contributed by atoms with Crippen LogP contribution >= 0.6 is 0 Å². The average molecular weight is 484 g/mol. The average Bonchev–Trinajstić information content (AvgIpc) is 2.81. The van der Waals surface area contributed by atoms with Gasteiger partial charge >= 0.3 is 5.97 Å². The van der Waals surface area contributed by atoms with Crippen LogP contribution < -0.4 is 4.74 Å². The van der Waals surface area contributed by atoms with E-state index in [9.17, 15) is 22.0 Å². The van der Waals surface area contributed by atoms with Gasteiger partial charge in [-0.15, -0.1) is 0 Å². The summed E-state index contributed by atoms with van der Waals surface area (Å²) in [5, 5.41) is 0. The zero-order valence-corrected chi connectivity index (χ0v) is 18.6. The van der Waals surface area contributed by atoms with Crippen molar-refractivity contribution in [1.29, 1.82) is 0 Å². The Hall–Kier alpha value is -2.49. The van der Waals surface area contributed by atoms with E-state index in [-0.39, 0.29) is 23.8 Å². The molecule has 184 valence electrons. The van der Waals surface area contributed by atoms with Crippen LogP contribution in [0.15, 0.2) is 42.7 Å². The van der Waals surface area contributed by atoms with E-state index in [0.717, 1.165) is 25.0 Å². The molecule has 9 heteroatoms. The van der Waals surface area contributed by atoms with Crippen LogP contribution in [-0.2, 0) is 33.0 Å². The summed E-state index contributed by atoms with van der Waals surface area (Å²) in [4.78, 5) is 0. The summed E-state index contributed by atoms with van der Waals surface area (Å²) in [5.74, 6) is -4.79. The minimum absolute atomic E-state index is 0.144. The van der Waals surface area contributed by atoms with Gasteiger partial charge in [0.15, 0.2) is 17.4 Å². The highest BCUT2D eigenvalue weighted by Crippen LogP contribution is 2.46. The highest BCUT2D eigenvalue weighted by molar-refractivity contribution is 5.33. The predicted molar refractivity (Wildman–Crippen MR) is 113 cm³/mol. The maximum atomic E-state index is 14.8. The summed E-state index contributed by atoms with van der Waals surface area (Å²) < 4.78 is 89.6. The van der Waals surface area contributed by atoms with Gasteiger partial charge in [-0.3, -0.25) is 0 Å². The van der Waals surface area contributed by atoms with Gasteiger partial charge in [0.1, 0.15) is 5.82 Å². The molecule has 0 saturated carbocycles. The van der Waals surface area contributed by atoms with Crippen LogP contribution in [0.1, 0.15) is 36.5 Å². The molecule has 3 heterocycles. The summed E-state index contributed by atoms with van der Waals surface area (Å²) >= 11 is 0. The second kappa shape index (κ2) is 10.0. The van der Waals surface area contributed by atoms with E-state index >= 15 is 0 Å². The maximum absolute atomic E-state index is 14.8. The molecule has 34 heavy (non-hydrogen) atoms. The lowest BCUT2D eigenvalue weighted by molar-refractivity contribution is -0.480. The number of aryl methyl sites for hydroxylation is 2. The largest absolute Gasteiger partial charge is 0.459 e. The minimum Gasteiger partial charge on any atom is -0.459 e. The number of allylic oxidation sites excluding steroid dienone is 1. The van der Waals surface area contributed by atoms with Crippen LogP contribution in [0.25, 0.3) is 0 Å². The summed E-state index contributed by atoms with van der Waals surface area (Å²) in [5.41, 5.74) is 0.852. The number of benzene rings is 2. The molecule has 3 aliphatic heterocycles. The zero-order valence-electron chi connectivity index (χ0n) is 18.6. The Bertz CT molecular complexity index is 1010. The monoisotopic (exact) mass is 484 g/mol. The second-order valence-corrected chi connectivity index (χ2v) is 8.65. The Balaban J connectivity index is 1.41. The van der Waals surface area contributed by atoms with Crippen molar-refractivity contribution in [2.75, 3.05) is 19.8 Å². The van der Waals surface area contributed by atoms with Gasteiger partial charge in [0.25, 0.3) is 6.43 Å².